The van der Waals surface area contributed by atoms with Gasteiger partial charge in [-0.3, -0.25) is 4.57 Å². The van der Waals surface area contributed by atoms with E-state index < -0.39 is 0 Å². The van der Waals surface area contributed by atoms with Crippen LogP contribution in [0.2, 0.25) is 0 Å². The van der Waals surface area contributed by atoms with Crippen molar-refractivity contribution in [1.29, 1.82) is 0 Å². The number of nitrogens with one attached hydrogen (secondary N) is 1. The molecule has 1 fully saturated rings. The largest absolute Gasteiger partial charge is 0.334 e. The van der Waals surface area contributed by atoms with Gasteiger partial charge in [0.15, 0.2) is 16.6 Å². The molecule has 5 rings (SSSR count). The fraction of sp³-hybridized carbons (Fsp3) is 0.267. The van der Waals surface area contributed by atoms with Gasteiger partial charge in [-0.25, -0.2) is 14.6 Å². The molecule has 0 spiro atoms. The zero-order chi connectivity index (χ0) is 14.5. The highest BCUT2D eigenvalue weighted by molar-refractivity contribution is 7.12. The molecular weight excluding hydrogens is 296 g/mol. The van der Waals surface area contributed by atoms with E-state index >= 15 is 0 Å². The van der Waals surface area contributed by atoms with E-state index in [0.29, 0.717) is 0 Å². The lowest BCUT2D eigenvalue weighted by molar-refractivity contribution is 0.576. The van der Waals surface area contributed by atoms with Crippen LogP contribution in [-0.2, 0) is 6.54 Å². The van der Waals surface area contributed by atoms with Gasteiger partial charge in [0, 0.05) is 24.3 Å². The van der Waals surface area contributed by atoms with E-state index in [1.54, 1.807) is 11.3 Å². The van der Waals surface area contributed by atoms with Crippen molar-refractivity contribution in [2.24, 2.45) is 5.92 Å². The van der Waals surface area contributed by atoms with E-state index in [-0.39, 0.29) is 0 Å². The fourth-order valence-corrected chi connectivity index (χ4v) is 3.36. The molecule has 1 aliphatic rings. The van der Waals surface area contributed by atoms with Crippen molar-refractivity contribution in [2.75, 3.05) is 0 Å². The molecule has 110 valence electrons. The van der Waals surface area contributed by atoms with Crippen LogP contribution >= 0.6 is 11.3 Å². The number of aromatic amines is 1. The van der Waals surface area contributed by atoms with E-state index in [4.69, 9.17) is 4.98 Å². The topological polar surface area (TPSA) is 64.3 Å². The summed E-state index contributed by atoms with van der Waals surface area (Å²) in [5.74, 6) is 1.64. The zero-order valence-corrected chi connectivity index (χ0v) is 12.6. The zero-order valence-electron chi connectivity index (χ0n) is 11.8. The number of H-pyrrole nitrogens is 1. The Kier molecular flexibility index (Phi) is 2.51. The average Bonchev–Trinajstić information content (AvgIpc) is 3.00. The molecule has 0 atom stereocenters. The van der Waals surface area contributed by atoms with Crippen LogP contribution in [0.15, 0.2) is 36.1 Å². The third-order valence-electron chi connectivity index (χ3n) is 4.03. The molecule has 0 saturated heterocycles. The Hall–Kier alpha value is -2.41. The van der Waals surface area contributed by atoms with Crippen LogP contribution in [0.1, 0.15) is 12.8 Å². The number of nitrogens with zero attached hydrogens (tertiary/aromatic N) is 5. The van der Waals surface area contributed by atoms with E-state index in [1.807, 2.05) is 34.7 Å². The maximum absolute atomic E-state index is 4.77. The monoisotopic (exact) mass is 310 g/mol. The first kappa shape index (κ1) is 12.2. The second kappa shape index (κ2) is 4.54. The maximum atomic E-state index is 4.77. The molecule has 4 heterocycles. The number of hydrogen-bond acceptors (Lipinski definition) is 4. The summed E-state index contributed by atoms with van der Waals surface area (Å²) in [6.45, 7) is 0.973. The summed E-state index contributed by atoms with van der Waals surface area (Å²) in [5.41, 5.74) is 2.94. The molecule has 1 N–H and O–H groups in total. The molecule has 0 bridgehead atoms. The Bertz CT molecular complexity index is 925. The highest BCUT2D eigenvalue weighted by Crippen LogP contribution is 2.31. The third kappa shape index (κ3) is 1.89. The minimum absolute atomic E-state index is 0.780. The summed E-state index contributed by atoms with van der Waals surface area (Å²) in [4.78, 5) is 12.5. The van der Waals surface area contributed by atoms with Crippen LogP contribution in [0.25, 0.3) is 27.8 Å². The average molecular weight is 310 g/mol. The molecule has 1 aliphatic carbocycles. The Morgan fingerprint density at radius 2 is 2.32 bits per heavy atom. The summed E-state index contributed by atoms with van der Waals surface area (Å²) in [6, 6.07) is 4.07. The first-order valence-corrected chi connectivity index (χ1v) is 8.25. The van der Waals surface area contributed by atoms with Gasteiger partial charge in [-0.05, 0) is 30.9 Å². The minimum atomic E-state index is 0.780. The lowest BCUT2D eigenvalue weighted by atomic mass is 10.4. The van der Waals surface area contributed by atoms with Crippen molar-refractivity contribution >= 4 is 22.5 Å². The molecular formula is C15H14N6S. The van der Waals surface area contributed by atoms with Crippen molar-refractivity contribution in [3.63, 3.8) is 0 Å². The summed E-state index contributed by atoms with van der Waals surface area (Å²) in [6.07, 6.45) is 8.32. The second-order valence-corrected chi connectivity index (χ2v) is 6.54. The predicted octanol–water partition coefficient (Wildman–Crippen LogP) is 3.08. The van der Waals surface area contributed by atoms with Gasteiger partial charge in [0.05, 0.1) is 11.9 Å². The molecule has 4 aromatic heterocycles. The van der Waals surface area contributed by atoms with E-state index in [9.17, 15) is 0 Å². The highest BCUT2D eigenvalue weighted by Gasteiger charge is 2.24. The summed E-state index contributed by atoms with van der Waals surface area (Å²) in [5, 5.41) is 7.36. The third-order valence-corrected chi connectivity index (χ3v) is 4.80. The van der Waals surface area contributed by atoms with Gasteiger partial charge >= 0.3 is 0 Å². The van der Waals surface area contributed by atoms with Crippen LogP contribution in [0.5, 0.6) is 0 Å². The first-order chi connectivity index (χ1) is 10.9. The van der Waals surface area contributed by atoms with Crippen LogP contribution < -0.4 is 0 Å². The van der Waals surface area contributed by atoms with Gasteiger partial charge in [0.2, 0.25) is 0 Å². The van der Waals surface area contributed by atoms with Gasteiger partial charge in [0.1, 0.15) is 5.52 Å². The van der Waals surface area contributed by atoms with Crippen molar-refractivity contribution in [2.45, 2.75) is 19.4 Å². The highest BCUT2D eigenvalue weighted by atomic mass is 32.1. The Balaban J connectivity index is 1.59. The number of thiazole rings is 1. The Morgan fingerprint density at radius 3 is 3.14 bits per heavy atom. The molecule has 0 radical (unpaired) electrons. The van der Waals surface area contributed by atoms with Gasteiger partial charge in [-0.15, -0.1) is 11.3 Å². The van der Waals surface area contributed by atoms with Crippen LogP contribution in [0, 0.1) is 5.92 Å². The molecule has 7 heteroatoms. The summed E-state index contributed by atoms with van der Waals surface area (Å²) >= 11 is 1.61. The Labute approximate surface area is 130 Å². The van der Waals surface area contributed by atoms with Gasteiger partial charge in [-0.1, -0.05) is 0 Å². The first-order valence-electron chi connectivity index (χ1n) is 7.37. The number of hydrogen-bond donors (Lipinski definition) is 1. The van der Waals surface area contributed by atoms with Crippen molar-refractivity contribution in [3.8, 4) is 16.6 Å². The molecule has 0 unspecified atom stereocenters. The standard InChI is InChI=1S/C15H14N6S/c1-2-12(20(6-1)15-16-5-7-22-15)13-18-11-8-17-21(14(11)19-13)9-10-3-4-10/h1-2,5-8,10H,3-4,9H2,(H,18,19). The molecule has 0 aromatic carbocycles. The van der Waals surface area contributed by atoms with Crippen molar-refractivity contribution < 1.29 is 0 Å². The molecule has 0 amide bonds. The van der Waals surface area contributed by atoms with E-state index in [0.717, 1.165) is 40.3 Å². The lowest BCUT2D eigenvalue weighted by Gasteiger charge is -2.02. The van der Waals surface area contributed by atoms with Crippen LogP contribution in [-0.4, -0.2) is 29.3 Å². The maximum Gasteiger partial charge on any atom is 0.194 e. The van der Waals surface area contributed by atoms with Crippen molar-refractivity contribution in [1.82, 2.24) is 29.3 Å². The fourth-order valence-electron chi connectivity index (χ4n) is 2.72. The number of rotatable bonds is 4. The van der Waals surface area contributed by atoms with Crippen molar-refractivity contribution in [3.05, 3.63) is 36.1 Å². The molecule has 6 nitrogen and oxygen atoms in total. The number of fused-ring (bicyclic) bond motifs is 1. The van der Waals surface area contributed by atoms with Gasteiger partial charge < -0.3 is 4.98 Å². The number of imidazole rings is 1. The molecule has 0 aliphatic heterocycles. The smallest absolute Gasteiger partial charge is 0.194 e. The van der Waals surface area contributed by atoms with Crippen LogP contribution in [0.3, 0.4) is 0 Å². The molecule has 22 heavy (non-hydrogen) atoms. The van der Waals surface area contributed by atoms with Gasteiger partial charge in [-0.2, -0.15) is 5.10 Å². The Morgan fingerprint density at radius 1 is 1.36 bits per heavy atom. The molecule has 4 aromatic rings. The SMILES string of the molecule is c1cc(-c2nc3c(cnn3CC3CC3)[nH]2)n(-c2nccs2)c1. The minimum Gasteiger partial charge on any atom is -0.334 e. The predicted molar refractivity (Wildman–Crippen MR) is 85.0 cm³/mol. The van der Waals surface area contributed by atoms with Crippen LogP contribution in [0.4, 0.5) is 0 Å². The molecule has 1 saturated carbocycles. The quantitative estimate of drug-likeness (QED) is 0.630. The normalized spacial score (nSPS) is 14.9. The number of aromatic nitrogens is 6. The lowest BCUT2D eigenvalue weighted by Crippen LogP contribution is -2.02. The van der Waals surface area contributed by atoms with E-state index in [2.05, 4.69) is 25.7 Å². The van der Waals surface area contributed by atoms with E-state index in [1.165, 1.54) is 12.8 Å². The summed E-state index contributed by atoms with van der Waals surface area (Å²) in [7, 11) is 0. The summed E-state index contributed by atoms with van der Waals surface area (Å²) < 4.78 is 4.07. The second-order valence-electron chi connectivity index (χ2n) is 5.67. The van der Waals surface area contributed by atoms with Gasteiger partial charge in [0.25, 0.3) is 0 Å².